The first kappa shape index (κ1) is 8.96. The van der Waals surface area contributed by atoms with E-state index < -0.39 is 0 Å². The lowest BCUT2D eigenvalue weighted by atomic mass is 10.0. The molecule has 0 radical (unpaired) electrons. The van der Waals surface area contributed by atoms with Crippen LogP contribution in [0.25, 0.3) is 0 Å². The Balaban J connectivity index is 3.22. The van der Waals surface area contributed by atoms with E-state index in [0.717, 1.165) is 5.92 Å². The molecule has 0 aliphatic rings. The zero-order chi connectivity index (χ0) is 7.28. The number of methoxy groups -OCH3 is 1. The first-order valence-corrected chi connectivity index (χ1v) is 3.73. The van der Waals surface area contributed by atoms with Crippen LogP contribution < -0.4 is 0 Å². The molecule has 0 rings (SSSR count). The van der Waals surface area contributed by atoms with Crippen molar-refractivity contribution in [3.63, 3.8) is 0 Å². The molecule has 56 valence electrons. The Labute approximate surface area is 58.4 Å². The van der Waals surface area contributed by atoms with Crippen LogP contribution in [0.4, 0.5) is 0 Å². The number of ether oxygens (including phenoxy) is 1. The molecule has 0 saturated heterocycles. The van der Waals surface area contributed by atoms with Gasteiger partial charge in [0.2, 0.25) is 0 Å². The quantitative estimate of drug-likeness (QED) is 0.568. The molecule has 0 aromatic carbocycles. The van der Waals surface area contributed by atoms with Gasteiger partial charge >= 0.3 is 0 Å². The van der Waals surface area contributed by atoms with E-state index in [2.05, 4.69) is 20.8 Å². The number of hydrogen-bond acceptors (Lipinski definition) is 1. The second-order valence-corrected chi connectivity index (χ2v) is 2.80. The highest BCUT2D eigenvalue weighted by atomic mass is 16.5. The highest BCUT2D eigenvalue weighted by Crippen LogP contribution is 2.10. The SMILES string of the molecule is CC[C@H](C)C[C@H](C)OC. The third-order valence-corrected chi connectivity index (χ3v) is 1.83. The van der Waals surface area contributed by atoms with Crippen LogP contribution in [0.5, 0.6) is 0 Å². The van der Waals surface area contributed by atoms with E-state index >= 15 is 0 Å². The van der Waals surface area contributed by atoms with Crippen LogP contribution in [0.3, 0.4) is 0 Å². The smallest absolute Gasteiger partial charge is 0.0545 e. The van der Waals surface area contributed by atoms with Gasteiger partial charge in [0, 0.05) is 7.11 Å². The van der Waals surface area contributed by atoms with Gasteiger partial charge in [0.05, 0.1) is 6.10 Å². The van der Waals surface area contributed by atoms with E-state index in [9.17, 15) is 0 Å². The molecule has 1 heteroatoms. The molecule has 0 aliphatic heterocycles. The maximum atomic E-state index is 5.12. The summed E-state index contributed by atoms with van der Waals surface area (Å²) in [6, 6.07) is 0. The van der Waals surface area contributed by atoms with Crippen molar-refractivity contribution in [3.05, 3.63) is 0 Å². The Morgan fingerprint density at radius 2 is 1.89 bits per heavy atom. The summed E-state index contributed by atoms with van der Waals surface area (Å²) >= 11 is 0. The monoisotopic (exact) mass is 130 g/mol. The van der Waals surface area contributed by atoms with Crippen molar-refractivity contribution in [2.75, 3.05) is 7.11 Å². The largest absolute Gasteiger partial charge is 0.382 e. The predicted molar refractivity (Wildman–Crippen MR) is 40.5 cm³/mol. The molecule has 1 nitrogen and oxygen atoms in total. The number of rotatable bonds is 4. The van der Waals surface area contributed by atoms with E-state index in [1.807, 2.05) is 0 Å². The average molecular weight is 130 g/mol. The third-order valence-electron chi connectivity index (χ3n) is 1.83. The lowest BCUT2D eigenvalue weighted by molar-refractivity contribution is 0.0968. The number of hydrogen-bond donors (Lipinski definition) is 0. The molecule has 0 spiro atoms. The molecule has 0 aliphatic carbocycles. The second-order valence-electron chi connectivity index (χ2n) is 2.80. The summed E-state index contributed by atoms with van der Waals surface area (Å²) in [5.74, 6) is 0.806. The molecular weight excluding hydrogens is 112 g/mol. The molecule has 0 heterocycles. The molecule has 0 bridgehead atoms. The molecular formula is C8H18O. The summed E-state index contributed by atoms with van der Waals surface area (Å²) in [4.78, 5) is 0. The molecule has 0 amide bonds. The first-order chi connectivity index (χ1) is 4.20. The highest BCUT2D eigenvalue weighted by molar-refractivity contribution is 4.55. The molecule has 0 aromatic rings. The van der Waals surface area contributed by atoms with Crippen molar-refractivity contribution >= 4 is 0 Å². The van der Waals surface area contributed by atoms with Crippen LogP contribution >= 0.6 is 0 Å². The van der Waals surface area contributed by atoms with E-state index in [-0.39, 0.29) is 0 Å². The van der Waals surface area contributed by atoms with Crippen molar-refractivity contribution in [2.45, 2.75) is 39.7 Å². The highest BCUT2D eigenvalue weighted by Gasteiger charge is 2.04. The Morgan fingerprint density at radius 3 is 2.22 bits per heavy atom. The van der Waals surface area contributed by atoms with Gasteiger partial charge in [-0.3, -0.25) is 0 Å². The van der Waals surface area contributed by atoms with Crippen molar-refractivity contribution in [3.8, 4) is 0 Å². The van der Waals surface area contributed by atoms with Crippen LogP contribution in [0, 0.1) is 5.92 Å². The van der Waals surface area contributed by atoms with E-state index in [0.29, 0.717) is 6.10 Å². The predicted octanol–water partition coefficient (Wildman–Crippen LogP) is 2.46. The maximum absolute atomic E-state index is 5.12. The zero-order valence-electron chi connectivity index (χ0n) is 6.98. The van der Waals surface area contributed by atoms with Gasteiger partial charge in [-0.25, -0.2) is 0 Å². The molecule has 9 heavy (non-hydrogen) atoms. The third kappa shape index (κ3) is 4.46. The zero-order valence-corrected chi connectivity index (χ0v) is 6.98. The molecule has 0 fully saturated rings. The molecule has 0 aromatic heterocycles. The normalized spacial score (nSPS) is 17.3. The van der Waals surface area contributed by atoms with Crippen LogP contribution in [-0.2, 0) is 4.74 Å². The van der Waals surface area contributed by atoms with E-state index in [1.54, 1.807) is 7.11 Å². The van der Waals surface area contributed by atoms with Gasteiger partial charge < -0.3 is 4.74 Å². The Kier molecular flexibility index (Phi) is 4.78. The van der Waals surface area contributed by atoms with Crippen LogP contribution in [0.1, 0.15) is 33.6 Å². The van der Waals surface area contributed by atoms with Gasteiger partial charge in [0.1, 0.15) is 0 Å². The minimum atomic E-state index is 0.431. The average Bonchev–Trinajstić information content (AvgIpc) is 1.87. The van der Waals surface area contributed by atoms with Gasteiger partial charge in [-0.15, -0.1) is 0 Å². The summed E-state index contributed by atoms with van der Waals surface area (Å²) in [6.45, 7) is 6.59. The van der Waals surface area contributed by atoms with Crippen molar-refractivity contribution in [2.24, 2.45) is 5.92 Å². The summed E-state index contributed by atoms with van der Waals surface area (Å²) in [7, 11) is 1.77. The molecule has 0 N–H and O–H groups in total. The lowest BCUT2D eigenvalue weighted by Gasteiger charge is -2.13. The first-order valence-electron chi connectivity index (χ1n) is 3.73. The van der Waals surface area contributed by atoms with Crippen LogP contribution in [-0.4, -0.2) is 13.2 Å². The van der Waals surface area contributed by atoms with Gasteiger partial charge in [0.25, 0.3) is 0 Å². The van der Waals surface area contributed by atoms with Crippen molar-refractivity contribution < 1.29 is 4.74 Å². The topological polar surface area (TPSA) is 9.23 Å². The van der Waals surface area contributed by atoms with Gasteiger partial charge in [0.15, 0.2) is 0 Å². The maximum Gasteiger partial charge on any atom is 0.0545 e. The fraction of sp³-hybridized carbons (Fsp3) is 1.00. The van der Waals surface area contributed by atoms with Crippen molar-refractivity contribution in [1.82, 2.24) is 0 Å². The second kappa shape index (κ2) is 4.80. The molecule has 0 saturated carbocycles. The van der Waals surface area contributed by atoms with Crippen molar-refractivity contribution in [1.29, 1.82) is 0 Å². The lowest BCUT2D eigenvalue weighted by Crippen LogP contribution is -2.09. The Hall–Kier alpha value is -0.0400. The van der Waals surface area contributed by atoms with Gasteiger partial charge in [-0.1, -0.05) is 20.3 Å². The summed E-state index contributed by atoms with van der Waals surface area (Å²) in [5, 5.41) is 0. The minimum absolute atomic E-state index is 0.431. The minimum Gasteiger partial charge on any atom is -0.382 e. The Morgan fingerprint density at radius 1 is 1.33 bits per heavy atom. The Bertz CT molecular complexity index is 53.6. The molecule has 2 atom stereocenters. The van der Waals surface area contributed by atoms with Crippen LogP contribution in [0.15, 0.2) is 0 Å². The van der Waals surface area contributed by atoms with Gasteiger partial charge in [-0.05, 0) is 19.3 Å². The van der Waals surface area contributed by atoms with Crippen LogP contribution in [0.2, 0.25) is 0 Å². The fourth-order valence-electron chi connectivity index (χ4n) is 0.830. The van der Waals surface area contributed by atoms with E-state index in [1.165, 1.54) is 12.8 Å². The van der Waals surface area contributed by atoms with E-state index in [4.69, 9.17) is 4.74 Å². The standard InChI is InChI=1S/C8H18O/c1-5-7(2)6-8(3)9-4/h7-8H,5-6H2,1-4H3/t7-,8-/m0/s1. The molecule has 0 unspecified atom stereocenters. The summed E-state index contributed by atoms with van der Waals surface area (Å²) in [6.07, 6.45) is 2.88. The summed E-state index contributed by atoms with van der Waals surface area (Å²) < 4.78 is 5.12. The van der Waals surface area contributed by atoms with Gasteiger partial charge in [-0.2, -0.15) is 0 Å². The fourth-order valence-corrected chi connectivity index (χ4v) is 0.830. The summed E-state index contributed by atoms with van der Waals surface area (Å²) in [5.41, 5.74) is 0.